The van der Waals surface area contributed by atoms with E-state index in [4.69, 9.17) is 5.11 Å². The molecule has 1 aromatic carbocycles. The number of hydrogen-bond donors (Lipinski definition) is 2. The molecule has 15 heavy (non-hydrogen) atoms. The van der Waals surface area contributed by atoms with Gasteiger partial charge >= 0.3 is 5.97 Å². The second kappa shape index (κ2) is 5.03. The Kier molecular flexibility index (Phi) is 3.97. The fourth-order valence-electron chi connectivity index (χ4n) is 1.91. The van der Waals surface area contributed by atoms with E-state index in [0.717, 1.165) is 30.6 Å². The van der Waals surface area contributed by atoms with Crippen LogP contribution in [-0.4, -0.2) is 17.6 Å². The molecule has 2 N–H and O–H groups in total. The van der Waals surface area contributed by atoms with Gasteiger partial charge in [0.05, 0.1) is 6.42 Å². The van der Waals surface area contributed by atoms with Crippen LogP contribution in [0.25, 0.3) is 0 Å². The quantitative estimate of drug-likeness (QED) is 0.814. The Morgan fingerprint density at radius 2 is 2.27 bits per heavy atom. The van der Waals surface area contributed by atoms with Crippen LogP contribution in [0, 0.1) is 0 Å². The fraction of sp³-hybridized carbons (Fsp3) is 0.364. The van der Waals surface area contributed by atoms with Crippen LogP contribution in [0.3, 0.4) is 0 Å². The maximum Gasteiger partial charge on any atom is 0.307 e. The van der Waals surface area contributed by atoms with E-state index in [1.807, 2.05) is 18.2 Å². The normalized spacial score (nSPS) is 13.3. The fourth-order valence-corrected chi connectivity index (χ4v) is 1.91. The molecule has 0 spiro atoms. The predicted molar refractivity (Wildman–Crippen MR) is 61.8 cm³/mol. The van der Waals surface area contributed by atoms with Crippen LogP contribution < -0.4 is 5.32 Å². The highest BCUT2D eigenvalue weighted by atomic mass is 35.5. The third-order valence-electron chi connectivity index (χ3n) is 2.53. The van der Waals surface area contributed by atoms with Gasteiger partial charge in [0.1, 0.15) is 0 Å². The molecule has 0 saturated heterocycles. The lowest BCUT2D eigenvalue weighted by Crippen LogP contribution is -2.14. The first kappa shape index (κ1) is 11.9. The number of anilines is 1. The molecule has 1 aliphatic heterocycles. The molecule has 0 aliphatic carbocycles. The van der Waals surface area contributed by atoms with Gasteiger partial charge in [-0.2, -0.15) is 0 Å². The van der Waals surface area contributed by atoms with Crippen molar-refractivity contribution >= 4 is 24.1 Å². The van der Waals surface area contributed by atoms with Crippen LogP contribution in [0.15, 0.2) is 18.2 Å². The summed E-state index contributed by atoms with van der Waals surface area (Å²) in [5, 5.41) is 12.0. The van der Waals surface area contributed by atoms with Crippen LogP contribution in [0.1, 0.15) is 17.5 Å². The van der Waals surface area contributed by atoms with Gasteiger partial charge in [-0.15, -0.1) is 12.4 Å². The first-order valence-corrected chi connectivity index (χ1v) is 4.84. The Morgan fingerprint density at radius 3 is 3.00 bits per heavy atom. The number of benzene rings is 1. The second-order valence-electron chi connectivity index (χ2n) is 3.54. The molecule has 0 radical (unpaired) electrons. The van der Waals surface area contributed by atoms with E-state index in [2.05, 4.69) is 5.32 Å². The van der Waals surface area contributed by atoms with Crippen molar-refractivity contribution in [2.75, 3.05) is 11.9 Å². The molecule has 0 unspecified atom stereocenters. The third kappa shape index (κ3) is 2.63. The number of carboxylic acids is 1. The number of nitrogens with one attached hydrogen (secondary N) is 1. The van der Waals surface area contributed by atoms with Crippen molar-refractivity contribution in [3.63, 3.8) is 0 Å². The number of carboxylic acid groups (broad SMARTS) is 1. The molecule has 0 bridgehead atoms. The number of hydrogen-bond acceptors (Lipinski definition) is 2. The van der Waals surface area contributed by atoms with E-state index in [9.17, 15) is 4.79 Å². The van der Waals surface area contributed by atoms with Crippen LogP contribution in [0.4, 0.5) is 5.69 Å². The van der Waals surface area contributed by atoms with Gasteiger partial charge in [-0.1, -0.05) is 12.1 Å². The molecule has 1 aliphatic rings. The van der Waals surface area contributed by atoms with Gasteiger partial charge in [-0.3, -0.25) is 4.79 Å². The zero-order chi connectivity index (χ0) is 9.97. The number of halogens is 1. The molecule has 3 nitrogen and oxygen atoms in total. The third-order valence-corrected chi connectivity index (χ3v) is 2.53. The van der Waals surface area contributed by atoms with E-state index in [1.54, 1.807) is 0 Å². The SMILES string of the molecule is Cl.O=C(O)Cc1cccc2c1CCCN2. The highest BCUT2D eigenvalue weighted by Gasteiger charge is 2.13. The summed E-state index contributed by atoms with van der Waals surface area (Å²) in [6, 6.07) is 5.83. The smallest absolute Gasteiger partial charge is 0.307 e. The molecular formula is C11H14ClNO2. The van der Waals surface area contributed by atoms with Crippen LogP contribution in [0.2, 0.25) is 0 Å². The summed E-state index contributed by atoms with van der Waals surface area (Å²) in [6.45, 7) is 0.990. The zero-order valence-electron chi connectivity index (χ0n) is 8.32. The van der Waals surface area contributed by atoms with E-state index in [1.165, 1.54) is 5.56 Å². The van der Waals surface area contributed by atoms with Crippen LogP contribution >= 0.6 is 12.4 Å². The zero-order valence-corrected chi connectivity index (χ0v) is 9.14. The van der Waals surface area contributed by atoms with Crippen molar-refractivity contribution in [2.45, 2.75) is 19.3 Å². The van der Waals surface area contributed by atoms with Gasteiger partial charge < -0.3 is 10.4 Å². The first-order chi connectivity index (χ1) is 6.77. The number of fused-ring (bicyclic) bond motifs is 1. The first-order valence-electron chi connectivity index (χ1n) is 4.84. The minimum Gasteiger partial charge on any atom is -0.481 e. The van der Waals surface area contributed by atoms with Crippen LogP contribution in [0.5, 0.6) is 0 Å². The largest absolute Gasteiger partial charge is 0.481 e. The second-order valence-corrected chi connectivity index (χ2v) is 3.54. The van der Waals surface area contributed by atoms with Crippen molar-refractivity contribution in [3.05, 3.63) is 29.3 Å². The van der Waals surface area contributed by atoms with Crippen LogP contribution in [-0.2, 0) is 17.6 Å². The van der Waals surface area contributed by atoms with Crippen molar-refractivity contribution in [3.8, 4) is 0 Å². The van der Waals surface area contributed by atoms with Gasteiger partial charge in [0.2, 0.25) is 0 Å². The Labute approximate surface area is 94.9 Å². The maximum atomic E-state index is 10.6. The molecule has 0 amide bonds. The minimum absolute atomic E-state index is 0. The van der Waals surface area contributed by atoms with E-state index < -0.39 is 5.97 Å². The molecule has 1 aromatic rings. The summed E-state index contributed by atoms with van der Waals surface area (Å²) in [6.07, 6.45) is 2.21. The van der Waals surface area contributed by atoms with Gasteiger partial charge in [0.15, 0.2) is 0 Å². The standard InChI is InChI=1S/C11H13NO2.ClH/c13-11(14)7-8-3-1-5-10-9(8)4-2-6-12-10;/h1,3,5,12H,2,4,6-7H2,(H,13,14);1H. The molecule has 0 fully saturated rings. The number of aliphatic carboxylic acids is 1. The molecule has 4 heteroatoms. The summed E-state index contributed by atoms with van der Waals surface area (Å²) in [7, 11) is 0. The average molecular weight is 228 g/mol. The van der Waals surface area contributed by atoms with Crippen molar-refractivity contribution < 1.29 is 9.90 Å². The number of carbonyl (C=O) groups is 1. The van der Waals surface area contributed by atoms with E-state index >= 15 is 0 Å². The monoisotopic (exact) mass is 227 g/mol. The molecular weight excluding hydrogens is 214 g/mol. The molecule has 82 valence electrons. The number of rotatable bonds is 2. The van der Waals surface area contributed by atoms with Gasteiger partial charge in [-0.05, 0) is 30.0 Å². The molecule has 0 saturated carbocycles. The van der Waals surface area contributed by atoms with E-state index in [0.29, 0.717) is 0 Å². The molecule has 0 atom stereocenters. The summed E-state index contributed by atoms with van der Waals surface area (Å²) in [5.41, 5.74) is 3.23. The Morgan fingerprint density at radius 1 is 1.47 bits per heavy atom. The summed E-state index contributed by atoms with van der Waals surface area (Å²) >= 11 is 0. The predicted octanol–water partition coefficient (Wildman–Crippen LogP) is 2.09. The van der Waals surface area contributed by atoms with Gasteiger partial charge in [-0.25, -0.2) is 0 Å². The summed E-state index contributed by atoms with van der Waals surface area (Å²) in [5.74, 6) is -0.760. The molecule has 2 rings (SSSR count). The lowest BCUT2D eigenvalue weighted by Gasteiger charge is -2.20. The van der Waals surface area contributed by atoms with Gasteiger partial charge in [0.25, 0.3) is 0 Å². The van der Waals surface area contributed by atoms with E-state index in [-0.39, 0.29) is 18.8 Å². The highest BCUT2D eigenvalue weighted by molar-refractivity contribution is 5.85. The minimum atomic E-state index is -0.760. The van der Waals surface area contributed by atoms with Gasteiger partial charge in [0, 0.05) is 12.2 Å². The topological polar surface area (TPSA) is 49.3 Å². The van der Waals surface area contributed by atoms with Crippen molar-refractivity contribution in [1.29, 1.82) is 0 Å². The van der Waals surface area contributed by atoms with Crippen molar-refractivity contribution in [1.82, 2.24) is 0 Å². The lowest BCUT2D eigenvalue weighted by molar-refractivity contribution is -0.136. The highest BCUT2D eigenvalue weighted by Crippen LogP contribution is 2.25. The Balaban J connectivity index is 0.00000112. The Bertz CT molecular complexity index is 366. The summed E-state index contributed by atoms with van der Waals surface area (Å²) < 4.78 is 0. The molecule has 1 heterocycles. The average Bonchev–Trinajstić information content (AvgIpc) is 2.18. The summed E-state index contributed by atoms with van der Waals surface area (Å²) in [4.78, 5) is 10.6. The Hall–Kier alpha value is -1.22. The van der Waals surface area contributed by atoms with Crippen molar-refractivity contribution in [2.24, 2.45) is 0 Å². The lowest BCUT2D eigenvalue weighted by atomic mass is 9.96. The molecule has 0 aromatic heterocycles. The maximum absolute atomic E-state index is 10.6.